The summed E-state index contributed by atoms with van der Waals surface area (Å²) in [6, 6.07) is 7.25. The highest BCUT2D eigenvalue weighted by Gasteiger charge is 2.43. The van der Waals surface area contributed by atoms with Gasteiger partial charge in [0.1, 0.15) is 0 Å². The van der Waals surface area contributed by atoms with Gasteiger partial charge in [0.25, 0.3) is 0 Å². The van der Waals surface area contributed by atoms with Gasteiger partial charge in [-0.2, -0.15) is 0 Å². The summed E-state index contributed by atoms with van der Waals surface area (Å²) in [5, 5.41) is 12.3. The Hall–Kier alpha value is -2.37. The number of rotatable bonds is 6. The van der Waals surface area contributed by atoms with E-state index < -0.39 is 11.4 Å². The van der Waals surface area contributed by atoms with Gasteiger partial charge in [-0.3, -0.25) is 14.4 Å². The van der Waals surface area contributed by atoms with Crippen LogP contribution in [0.4, 0.5) is 11.4 Å². The normalized spacial score (nSPS) is 20.3. The van der Waals surface area contributed by atoms with E-state index >= 15 is 0 Å². The number of hydrogen-bond acceptors (Lipinski definition) is 3. The quantitative estimate of drug-likeness (QED) is 0.795. The molecule has 3 rings (SSSR count). The molecule has 2 N–H and O–H groups in total. The fraction of sp³-hybridized carbons (Fsp3) is 0.571. The molecule has 0 bridgehead atoms. The number of carbonyl (C=O) groups excluding carboxylic acids is 2. The molecule has 1 saturated heterocycles. The van der Waals surface area contributed by atoms with E-state index in [9.17, 15) is 19.5 Å². The molecule has 146 valence electrons. The Bertz CT molecular complexity index is 727. The first-order valence-corrected chi connectivity index (χ1v) is 9.84. The van der Waals surface area contributed by atoms with Gasteiger partial charge < -0.3 is 15.3 Å². The van der Waals surface area contributed by atoms with E-state index in [2.05, 4.69) is 5.32 Å². The number of nitrogens with zero attached hydrogens (tertiary/aromatic N) is 1. The molecule has 2 amide bonds. The molecule has 1 aromatic rings. The number of amides is 2. The molecule has 0 spiro atoms. The maximum atomic E-state index is 13.1. The second-order valence-electron chi connectivity index (χ2n) is 7.98. The summed E-state index contributed by atoms with van der Waals surface area (Å²) in [5.41, 5.74) is 0.434. The number of carbonyl (C=O) groups is 3. The Morgan fingerprint density at radius 3 is 2.59 bits per heavy atom. The van der Waals surface area contributed by atoms with Crippen LogP contribution >= 0.6 is 0 Å². The van der Waals surface area contributed by atoms with Crippen LogP contribution < -0.4 is 10.2 Å². The van der Waals surface area contributed by atoms with Crippen LogP contribution in [0.2, 0.25) is 0 Å². The zero-order chi connectivity index (χ0) is 19.4. The number of carboxylic acids is 1. The summed E-state index contributed by atoms with van der Waals surface area (Å²) in [5.74, 6) is -1.03. The number of nitrogens with one attached hydrogen (secondary N) is 1. The molecule has 6 heteroatoms. The summed E-state index contributed by atoms with van der Waals surface area (Å²) in [4.78, 5) is 38.3. The molecule has 2 aliphatic rings. The Morgan fingerprint density at radius 1 is 1.22 bits per heavy atom. The number of aliphatic carboxylic acids is 1. The molecule has 1 saturated carbocycles. The zero-order valence-corrected chi connectivity index (χ0v) is 15.9. The van der Waals surface area contributed by atoms with Crippen molar-refractivity contribution in [1.29, 1.82) is 0 Å². The van der Waals surface area contributed by atoms with Crippen molar-refractivity contribution in [1.82, 2.24) is 0 Å². The Kier molecular flexibility index (Phi) is 5.82. The minimum atomic E-state index is -0.949. The molecule has 1 atom stereocenters. The van der Waals surface area contributed by atoms with E-state index in [0.29, 0.717) is 18.7 Å². The maximum Gasteiger partial charge on any atom is 0.304 e. The topological polar surface area (TPSA) is 86.7 Å². The molecule has 0 radical (unpaired) electrons. The second kappa shape index (κ2) is 8.11. The predicted molar refractivity (Wildman–Crippen MR) is 104 cm³/mol. The molecular formula is C21H28N2O4. The number of hydrogen-bond donors (Lipinski definition) is 2. The minimum absolute atomic E-state index is 0.0747. The smallest absolute Gasteiger partial charge is 0.304 e. The van der Waals surface area contributed by atoms with Crippen LogP contribution in [0.3, 0.4) is 0 Å². The van der Waals surface area contributed by atoms with Crippen molar-refractivity contribution in [3.05, 3.63) is 24.3 Å². The van der Waals surface area contributed by atoms with E-state index in [1.807, 2.05) is 12.1 Å². The first-order chi connectivity index (χ1) is 12.9. The Morgan fingerprint density at radius 2 is 1.96 bits per heavy atom. The van der Waals surface area contributed by atoms with Crippen LogP contribution in [0.15, 0.2) is 24.3 Å². The lowest BCUT2D eigenvalue weighted by atomic mass is 9.67. The van der Waals surface area contributed by atoms with E-state index in [1.54, 1.807) is 24.0 Å². The highest BCUT2D eigenvalue weighted by Crippen LogP contribution is 2.42. The van der Waals surface area contributed by atoms with Crippen LogP contribution in [0.1, 0.15) is 58.3 Å². The zero-order valence-electron chi connectivity index (χ0n) is 15.9. The summed E-state index contributed by atoms with van der Waals surface area (Å²) in [7, 11) is 0. The third kappa shape index (κ3) is 4.31. The monoisotopic (exact) mass is 372 g/mol. The van der Waals surface area contributed by atoms with Crippen molar-refractivity contribution < 1.29 is 19.5 Å². The number of carboxylic acid groups (broad SMARTS) is 1. The van der Waals surface area contributed by atoms with Crippen LogP contribution in [0.5, 0.6) is 0 Å². The van der Waals surface area contributed by atoms with Crippen molar-refractivity contribution >= 4 is 29.2 Å². The van der Waals surface area contributed by atoms with Gasteiger partial charge in [0.2, 0.25) is 11.8 Å². The van der Waals surface area contributed by atoms with Crippen molar-refractivity contribution in [2.45, 2.75) is 58.3 Å². The SMILES string of the molecule is CC(CC(=O)O)(C(=O)Nc1cccc(N2CCCC2=O)c1)C1CCCCC1. The summed E-state index contributed by atoms with van der Waals surface area (Å²) in [6.07, 6.45) is 6.22. The van der Waals surface area contributed by atoms with Gasteiger partial charge in [0.15, 0.2) is 0 Å². The molecule has 27 heavy (non-hydrogen) atoms. The van der Waals surface area contributed by atoms with Gasteiger partial charge in [-0.05, 0) is 50.3 Å². The first kappa shape index (κ1) is 19.4. The average molecular weight is 372 g/mol. The van der Waals surface area contributed by atoms with E-state index in [4.69, 9.17) is 0 Å². The molecular weight excluding hydrogens is 344 g/mol. The second-order valence-corrected chi connectivity index (χ2v) is 7.98. The molecule has 1 aliphatic heterocycles. The van der Waals surface area contributed by atoms with Gasteiger partial charge in [0.05, 0.1) is 11.8 Å². The predicted octanol–water partition coefficient (Wildman–Crippen LogP) is 3.81. The Labute approximate surface area is 159 Å². The van der Waals surface area contributed by atoms with Gasteiger partial charge >= 0.3 is 5.97 Å². The molecule has 1 heterocycles. The van der Waals surface area contributed by atoms with Gasteiger partial charge in [-0.15, -0.1) is 0 Å². The minimum Gasteiger partial charge on any atom is -0.481 e. The van der Waals surface area contributed by atoms with Crippen LogP contribution in [0.25, 0.3) is 0 Å². The number of benzene rings is 1. The van der Waals surface area contributed by atoms with Crippen LogP contribution in [-0.2, 0) is 14.4 Å². The van der Waals surface area contributed by atoms with E-state index in [0.717, 1.165) is 44.2 Å². The van der Waals surface area contributed by atoms with Gasteiger partial charge in [0, 0.05) is 24.3 Å². The summed E-state index contributed by atoms with van der Waals surface area (Å²) >= 11 is 0. The largest absolute Gasteiger partial charge is 0.481 e. The molecule has 1 aliphatic carbocycles. The fourth-order valence-electron chi connectivity index (χ4n) is 4.41. The van der Waals surface area contributed by atoms with Crippen molar-refractivity contribution in [3.63, 3.8) is 0 Å². The standard InChI is InChI=1S/C21H28N2O4/c1-21(14-19(25)26,15-7-3-2-4-8-15)20(27)22-16-9-5-10-17(13-16)23-12-6-11-18(23)24/h5,9-10,13,15H,2-4,6-8,11-12,14H2,1H3,(H,22,27)(H,25,26). The molecule has 1 unspecified atom stereocenters. The van der Waals surface area contributed by atoms with Crippen molar-refractivity contribution in [3.8, 4) is 0 Å². The van der Waals surface area contributed by atoms with Crippen molar-refractivity contribution in [2.24, 2.45) is 11.3 Å². The van der Waals surface area contributed by atoms with Crippen molar-refractivity contribution in [2.75, 3.05) is 16.8 Å². The fourth-order valence-corrected chi connectivity index (χ4v) is 4.41. The highest BCUT2D eigenvalue weighted by molar-refractivity contribution is 5.99. The van der Waals surface area contributed by atoms with Gasteiger partial charge in [-0.1, -0.05) is 25.3 Å². The van der Waals surface area contributed by atoms with E-state index in [1.165, 1.54) is 0 Å². The van der Waals surface area contributed by atoms with Crippen LogP contribution in [-0.4, -0.2) is 29.4 Å². The van der Waals surface area contributed by atoms with Crippen LogP contribution in [0, 0.1) is 11.3 Å². The summed E-state index contributed by atoms with van der Waals surface area (Å²) < 4.78 is 0. The Balaban J connectivity index is 1.78. The lowest BCUT2D eigenvalue weighted by Crippen LogP contribution is -2.42. The maximum absolute atomic E-state index is 13.1. The molecule has 1 aromatic carbocycles. The summed E-state index contributed by atoms with van der Waals surface area (Å²) in [6.45, 7) is 2.47. The molecule has 6 nitrogen and oxygen atoms in total. The lowest BCUT2D eigenvalue weighted by molar-refractivity contribution is -0.145. The lowest BCUT2D eigenvalue weighted by Gasteiger charge is -2.37. The average Bonchev–Trinajstić information content (AvgIpc) is 3.08. The molecule has 0 aromatic heterocycles. The highest BCUT2D eigenvalue weighted by atomic mass is 16.4. The first-order valence-electron chi connectivity index (χ1n) is 9.84. The van der Waals surface area contributed by atoms with E-state index in [-0.39, 0.29) is 24.2 Å². The number of anilines is 2. The molecule has 2 fully saturated rings. The van der Waals surface area contributed by atoms with Gasteiger partial charge in [-0.25, -0.2) is 0 Å². The third-order valence-electron chi connectivity index (χ3n) is 6.03. The third-order valence-corrected chi connectivity index (χ3v) is 6.03.